The van der Waals surface area contributed by atoms with Crippen molar-refractivity contribution in [3.05, 3.63) is 23.5 Å². The summed E-state index contributed by atoms with van der Waals surface area (Å²) >= 11 is 0. The van der Waals surface area contributed by atoms with Crippen molar-refractivity contribution in [2.24, 2.45) is 0 Å². The van der Waals surface area contributed by atoms with Crippen molar-refractivity contribution in [1.82, 2.24) is 0 Å². The molecule has 0 aromatic heterocycles. The molecule has 64 valence electrons. The van der Waals surface area contributed by atoms with E-state index in [0.717, 1.165) is 0 Å². The number of aliphatic hydroxyl groups excluding tert-OH is 1. The Hall–Kier alpha value is -0.790. The molecule has 0 aromatic rings. The summed E-state index contributed by atoms with van der Waals surface area (Å²) < 4.78 is 12.8. The largest absolute Gasteiger partial charge is 0.513 e. The van der Waals surface area contributed by atoms with E-state index in [2.05, 4.69) is 0 Å². The summed E-state index contributed by atoms with van der Waals surface area (Å²) in [6, 6.07) is 0. The number of rotatable bonds is 3. The molecule has 0 saturated heterocycles. The predicted octanol–water partition coefficient (Wildman–Crippen LogP) is 3.14. The van der Waals surface area contributed by atoms with Crippen LogP contribution in [0.25, 0.3) is 0 Å². The first-order valence-corrected chi connectivity index (χ1v) is 3.76. The summed E-state index contributed by atoms with van der Waals surface area (Å²) in [5.41, 5.74) is 0.654. The fraction of sp³-hybridized carbons (Fsp3) is 0.556. The van der Waals surface area contributed by atoms with Crippen molar-refractivity contribution in [1.29, 1.82) is 0 Å². The van der Waals surface area contributed by atoms with Crippen LogP contribution in [0.3, 0.4) is 0 Å². The molecule has 0 amide bonds. The molecule has 0 spiro atoms. The third kappa shape index (κ3) is 4.59. The van der Waals surface area contributed by atoms with E-state index in [0.29, 0.717) is 12.0 Å². The van der Waals surface area contributed by atoms with E-state index in [1.165, 1.54) is 6.08 Å². The average Bonchev–Trinajstić information content (AvgIpc) is 1.98. The molecular formula is C9H15FO. The highest BCUT2D eigenvalue weighted by molar-refractivity contribution is 5.15. The second-order valence-corrected chi connectivity index (χ2v) is 2.59. The first kappa shape index (κ1) is 10.2. The lowest BCUT2D eigenvalue weighted by Crippen LogP contribution is -1.98. The van der Waals surface area contributed by atoms with Crippen LogP contribution in [0, 0.1) is 0 Å². The van der Waals surface area contributed by atoms with Crippen LogP contribution in [0.1, 0.15) is 27.2 Å². The van der Waals surface area contributed by atoms with E-state index in [1.54, 1.807) is 26.8 Å². The third-order valence-electron chi connectivity index (χ3n) is 1.44. The maximum absolute atomic E-state index is 12.8. The van der Waals surface area contributed by atoms with Crippen LogP contribution in [0.15, 0.2) is 23.5 Å². The van der Waals surface area contributed by atoms with Gasteiger partial charge in [-0.3, -0.25) is 0 Å². The van der Waals surface area contributed by atoms with E-state index in [-0.39, 0.29) is 5.76 Å². The van der Waals surface area contributed by atoms with Gasteiger partial charge >= 0.3 is 0 Å². The second kappa shape index (κ2) is 4.94. The van der Waals surface area contributed by atoms with Crippen molar-refractivity contribution in [3.63, 3.8) is 0 Å². The zero-order chi connectivity index (χ0) is 8.85. The summed E-state index contributed by atoms with van der Waals surface area (Å²) in [6.07, 6.45) is 2.70. The Kier molecular flexibility index (Phi) is 4.59. The van der Waals surface area contributed by atoms with Gasteiger partial charge in [0.1, 0.15) is 6.17 Å². The monoisotopic (exact) mass is 158 g/mol. The van der Waals surface area contributed by atoms with Gasteiger partial charge in [0.25, 0.3) is 0 Å². The smallest absolute Gasteiger partial charge is 0.121 e. The van der Waals surface area contributed by atoms with Gasteiger partial charge in [-0.15, -0.1) is 0 Å². The van der Waals surface area contributed by atoms with Gasteiger partial charge in [0.15, 0.2) is 0 Å². The molecule has 2 heteroatoms. The molecule has 1 N–H and O–H groups in total. The zero-order valence-corrected chi connectivity index (χ0v) is 7.26. The summed E-state index contributed by atoms with van der Waals surface area (Å²) in [4.78, 5) is 0. The lowest BCUT2D eigenvalue weighted by Gasteiger charge is -2.02. The highest BCUT2D eigenvalue weighted by Crippen LogP contribution is 2.09. The lowest BCUT2D eigenvalue weighted by atomic mass is 10.1. The molecule has 1 atom stereocenters. The number of hydrogen-bond donors (Lipinski definition) is 1. The topological polar surface area (TPSA) is 20.2 Å². The SMILES string of the molecule is CCC(F)/C(C)=C/C=C(\C)O. The molecule has 0 aliphatic rings. The van der Waals surface area contributed by atoms with Crippen molar-refractivity contribution < 1.29 is 9.50 Å². The normalized spacial score (nSPS) is 16.7. The first-order chi connectivity index (χ1) is 5.07. The molecule has 0 aromatic carbocycles. The number of allylic oxidation sites excluding steroid dienone is 4. The third-order valence-corrected chi connectivity index (χ3v) is 1.44. The summed E-state index contributed by atoms with van der Waals surface area (Å²) in [6.45, 7) is 5.06. The van der Waals surface area contributed by atoms with E-state index in [9.17, 15) is 4.39 Å². The summed E-state index contributed by atoms with van der Waals surface area (Å²) in [7, 11) is 0. The fourth-order valence-corrected chi connectivity index (χ4v) is 0.678. The number of halogens is 1. The van der Waals surface area contributed by atoms with Crippen LogP contribution in [0.5, 0.6) is 0 Å². The number of hydrogen-bond acceptors (Lipinski definition) is 1. The fourth-order valence-electron chi connectivity index (χ4n) is 0.678. The number of alkyl halides is 1. The highest BCUT2D eigenvalue weighted by Gasteiger charge is 2.02. The first-order valence-electron chi connectivity index (χ1n) is 3.76. The molecule has 0 fully saturated rings. The molecule has 0 radical (unpaired) electrons. The van der Waals surface area contributed by atoms with Crippen LogP contribution in [-0.4, -0.2) is 11.3 Å². The molecule has 11 heavy (non-hydrogen) atoms. The Bertz CT molecular complexity index is 166. The molecule has 1 unspecified atom stereocenters. The van der Waals surface area contributed by atoms with Crippen LogP contribution >= 0.6 is 0 Å². The second-order valence-electron chi connectivity index (χ2n) is 2.59. The lowest BCUT2D eigenvalue weighted by molar-refractivity contribution is 0.372. The van der Waals surface area contributed by atoms with Gasteiger partial charge in [-0.1, -0.05) is 13.0 Å². The van der Waals surface area contributed by atoms with Crippen molar-refractivity contribution in [2.75, 3.05) is 0 Å². The van der Waals surface area contributed by atoms with Gasteiger partial charge in [0, 0.05) is 0 Å². The van der Waals surface area contributed by atoms with E-state index in [4.69, 9.17) is 5.11 Å². The van der Waals surface area contributed by atoms with Crippen LogP contribution in [0.4, 0.5) is 4.39 Å². The maximum Gasteiger partial charge on any atom is 0.121 e. The standard InChI is InChI=1S/C9H15FO/c1-4-9(10)7(2)5-6-8(3)11/h5-6,9,11H,4H2,1-3H3/b7-5+,8-6+. The van der Waals surface area contributed by atoms with Crippen LogP contribution < -0.4 is 0 Å². The summed E-state index contributed by atoms with van der Waals surface area (Å²) in [5.74, 6) is 0.202. The molecule has 0 aliphatic carbocycles. The van der Waals surface area contributed by atoms with Gasteiger partial charge in [0.05, 0.1) is 5.76 Å². The molecule has 0 heterocycles. The Balaban J connectivity index is 4.11. The minimum atomic E-state index is -0.884. The van der Waals surface area contributed by atoms with Crippen LogP contribution in [0.2, 0.25) is 0 Å². The van der Waals surface area contributed by atoms with E-state index in [1.807, 2.05) is 0 Å². The molecular weight excluding hydrogens is 143 g/mol. The van der Waals surface area contributed by atoms with E-state index >= 15 is 0 Å². The molecule has 0 saturated carbocycles. The van der Waals surface area contributed by atoms with Gasteiger partial charge in [-0.05, 0) is 31.9 Å². The highest BCUT2D eigenvalue weighted by atomic mass is 19.1. The number of aliphatic hydroxyl groups is 1. The molecule has 0 rings (SSSR count). The molecule has 1 nitrogen and oxygen atoms in total. The zero-order valence-electron chi connectivity index (χ0n) is 7.26. The molecule has 0 aliphatic heterocycles. The van der Waals surface area contributed by atoms with Crippen molar-refractivity contribution >= 4 is 0 Å². The summed E-state index contributed by atoms with van der Waals surface area (Å²) in [5, 5.41) is 8.75. The Morgan fingerprint density at radius 3 is 2.36 bits per heavy atom. The van der Waals surface area contributed by atoms with Crippen LogP contribution in [-0.2, 0) is 0 Å². The predicted molar refractivity (Wildman–Crippen MR) is 45.3 cm³/mol. The van der Waals surface area contributed by atoms with Gasteiger partial charge in [0.2, 0.25) is 0 Å². The minimum Gasteiger partial charge on any atom is -0.513 e. The Morgan fingerprint density at radius 2 is 2.00 bits per heavy atom. The van der Waals surface area contributed by atoms with Gasteiger partial charge in [-0.2, -0.15) is 0 Å². The van der Waals surface area contributed by atoms with Gasteiger partial charge < -0.3 is 5.11 Å². The molecule has 0 bridgehead atoms. The Morgan fingerprint density at radius 1 is 1.45 bits per heavy atom. The van der Waals surface area contributed by atoms with Gasteiger partial charge in [-0.25, -0.2) is 4.39 Å². The quantitative estimate of drug-likeness (QED) is 0.494. The van der Waals surface area contributed by atoms with Crippen molar-refractivity contribution in [2.45, 2.75) is 33.4 Å². The van der Waals surface area contributed by atoms with Crippen molar-refractivity contribution in [3.8, 4) is 0 Å². The average molecular weight is 158 g/mol. The Labute approximate surface area is 67.2 Å². The van der Waals surface area contributed by atoms with E-state index < -0.39 is 6.17 Å². The maximum atomic E-state index is 12.8. The minimum absolute atomic E-state index is 0.202.